The molecule has 4 heteroatoms. The number of hydrogen-bond donors (Lipinski definition) is 0. The van der Waals surface area contributed by atoms with E-state index in [0.717, 1.165) is 30.1 Å². The molecule has 112 valence electrons. The molecule has 1 aliphatic heterocycles. The Labute approximate surface area is 130 Å². The number of aromatic nitrogens is 3. The van der Waals surface area contributed by atoms with Crippen LogP contribution in [0.15, 0.2) is 42.7 Å². The summed E-state index contributed by atoms with van der Waals surface area (Å²) in [5.74, 6) is 1.02. The standard InChI is InChI=1S/C18H20N4/c1-18(2,3)16-10-15-17(19-8-9-22(15)20-16)21-11-13-6-4-5-7-14(13)12-21/h4-10H,11-12H2,1-3H3. The van der Waals surface area contributed by atoms with E-state index in [0.29, 0.717) is 0 Å². The van der Waals surface area contributed by atoms with Gasteiger partial charge in [-0.2, -0.15) is 5.10 Å². The van der Waals surface area contributed by atoms with Crippen LogP contribution in [0, 0.1) is 0 Å². The minimum absolute atomic E-state index is 0.0390. The summed E-state index contributed by atoms with van der Waals surface area (Å²) in [4.78, 5) is 6.96. The van der Waals surface area contributed by atoms with Crippen LogP contribution in [0.5, 0.6) is 0 Å². The Balaban J connectivity index is 1.79. The predicted molar refractivity (Wildman–Crippen MR) is 88.0 cm³/mol. The molecule has 0 N–H and O–H groups in total. The van der Waals surface area contributed by atoms with E-state index in [1.54, 1.807) is 0 Å². The Morgan fingerprint density at radius 1 is 1.05 bits per heavy atom. The predicted octanol–water partition coefficient (Wildman–Crippen LogP) is 3.55. The summed E-state index contributed by atoms with van der Waals surface area (Å²) in [5, 5.41) is 4.72. The molecule has 0 fully saturated rings. The van der Waals surface area contributed by atoms with Gasteiger partial charge in [-0.15, -0.1) is 0 Å². The van der Waals surface area contributed by atoms with Crippen LogP contribution >= 0.6 is 0 Å². The third kappa shape index (κ3) is 2.06. The van der Waals surface area contributed by atoms with Gasteiger partial charge in [-0.1, -0.05) is 45.0 Å². The van der Waals surface area contributed by atoms with Gasteiger partial charge in [0, 0.05) is 30.9 Å². The van der Waals surface area contributed by atoms with Crippen molar-refractivity contribution < 1.29 is 0 Å². The molecule has 0 saturated carbocycles. The van der Waals surface area contributed by atoms with E-state index in [9.17, 15) is 0 Å². The Kier molecular flexibility index (Phi) is 2.76. The van der Waals surface area contributed by atoms with Gasteiger partial charge in [0.2, 0.25) is 0 Å². The highest BCUT2D eigenvalue weighted by Gasteiger charge is 2.24. The van der Waals surface area contributed by atoms with Crippen molar-refractivity contribution >= 4 is 11.3 Å². The Morgan fingerprint density at radius 3 is 2.36 bits per heavy atom. The largest absolute Gasteiger partial charge is 0.346 e. The summed E-state index contributed by atoms with van der Waals surface area (Å²) in [7, 11) is 0. The molecule has 0 bridgehead atoms. The van der Waals surface area contributed by atoms with Crippen molar-refractivity contribution in [3.63, 3.8) is 0 Å². The van der Waals surface area contributed by atoms with E-state index in [1.165, 1.54) is 11.1 Å². The minimum atomic E-state index is 0.0390. The lowest BCUT2D eigenvalue weighted by atomic mass is 9.92. The molecular weight excluding hydrogens is 272 g/mol. The van der Waals surface area contributed by atoms with Crippen molar-refractivity contribution in [2.24, 2.45) is 0 Å². The molecule has 3 heterocycles. The van der Waals surface area contributed by atoms with Crippen LogP contribution in [0.4, 0.5) is 5.82 Å². The van der Waals surface area contributed by atoms with Gasteiger partial charge in [-0.05, 0) is 17.2 Å². The monoisotopic (exact) mass is 292 g/mol. The summed E-state index contributed by atoms with van der Waals surface area (Å²) >= 11 is 0. The second-order valence-corrected chi connectivity index (χ2v) is 6.99. The summed E-state index contributed by atoms with van der Waals surface area (Å²) in [6.07, 6.45) is 3.77. The molecule has 0 spiro atoms. The topological polar surface area (TPSA) is 33.4 Å². The highest BCUT2D eigenvalue weighted by atomic mass is 15.3. The highest BCUT2D eigenvalue weighted by molar-refractivity contribution is 5.70. The first kappa shape index (κ1) is 13.3. The van der Waals surface area contributed by atoms with Gasteiger partial charge in [-0.25, -0.2) is 9.50 Å². The van der Waals surface area contributed by atoms with E-state index in [4.69, 9.17) is 5.10 Å². The summed E-state index contributed by atoms with van der Waals surface area (Å²) < 4.78 is 1.95. The number of nitrogens with zero attached hydrogens (tertiary/aromatic N) is 4. The summed E-state index contributed by atoms with van der Waals surface area (Å²) in [6.45, 7) is 8.40. The minimum Gasteiger partial charge on any atom is -0.346 e. The van der Waals surface area contributed by atoms with Crippen LogP contribution in [0.3, 0.4) is 0 Å². The average Bonchev–Trinajstić information content (AvgIpc) is 3.10. The van der Waals surface area contributed by atoms with Crippen LogP contribution in [0.2, 0.25) is 0 Å². The van der Waals surface area contributed by atoms with Crippen molar-refractivity contribution in [1.29, 1.82) is 0 Å². The molecule has 0 saturated heterocycles. The molecule has 0 amide bonds. The molecule has 22 heavy (non-hydrogen) atoms. The van der Waals surface area contributed by atoms with Gasteiger partial charge < -0.3 is 4.90 Å². The molecule has 1 aromatic carbocycles. The van der Waals surface area contributed by atoms with E-state index in [-0.39, 0.29) is 5.41 Å². The van der Waals surface area contributed by atoms with Gasteiger partial charge in [0.25, 0.3) is 0 Å². The first-order chi connectivity index (χ1) is 10.5. The first-order valence-corrected chi connectivity index (χ1v) is 7.69. The second kappa shape index (κ2) is 4.57. The van der Waals surface area contributed by atoms with Gasteiger partial charge in [-0.3, -0.25) is 0 Å². The number of rotatable bonds is 1. The lowest BCUT2D eigenvalue weighted by molar-refractivity contribution is 0.562. The van der Waals surface area contributed by atoms with Gasteiger partial charge in [0.1, 0.15) is 5.52 Å². The summed E-state index contributed by atoms with van der Waals surface area (Å²) in [6, 6.07) is 10.8. The molecule has 0 atom stereocenters. The average molecular weight is 292 g/mol. The summed E-state index contributed by atoms with van der Waals surface area (Å²) in [5.41, 5.74) is 5.00. The normalized spacial score (nSPS) is 14.6. The third-order valence-electron chi connectivity index (χ3n) is 4.28. The lowest BCUT2D eigenvalue weighted by Crippen LogP contribution is -2.16. The van der Waals surface area contributed by atoms with Crippen molar-refractivity contribution in [2.45, 2.75) is 39.3 Å². The zero-order valence-corrected chi connectivity index (χ0v) is 13.2. The van der Waals surface area contributed by atoms with Crippen molar-refractivity contribution in [3.05, 3.63) is 59.5 Å². The van der Waals surface area contributed by atoms with Crippen LogP contribution in [-0.2, 0) is 18.5 Å². The molecule has 3 aromatic rings. The van der Waals surface area contributed by atoms with E-state index in [2.05, 4.69) is 61.0 Å². The molecule has 0 radical (unpaired) electrons. The highest BCUT2D eigenvalue weighted by Crippen LogP contribution is 2.31. The molecule has 4 nitrogen and oxygen atoms in total. The molecule has 0 aliphatic carbocycles. The Hall–Kier alpha value is -2.36. The quantitative estimate of drug-likeness (QED) is 0.688. The fourth-order valence-corrected chi connectivity index (χ4v) is 3.00. The number of hydrogen-bond acceptors (Lipinski definition) is 3. The fraction of sp³-hybridized carbons (Fsp3) is 0.333. The van der Waals surface area contributed by atoms with Crippen molar-refractivity contribution in [3.8, 4) is 0 Å². The van der Waals surface area contributed by atoms with E-state index in [1.807, 2.05) is 16.9 Å². The Bertz CT molecular complexity index is 817. The van der Waals surface area contributed by atoms with Crippen molar-refractivity contribution in [2.75, 3.05) is 4.90 Å². The maximum absolute atomic E-state index is 4.72. The van der Waals surface area contributed by atoms with Crippen LogP contribution in [0.25, 0.3) is 5.52 Å². The number of benzene rings is 1. The number of fused-ring (bicyclic) bond motifs is 2. The lowest BCUT2D eigenvalue weighted by Gasteiger charge is -2.17. The van der Waals surface area contributed by atoms with Crippen molar-refractivity contribution in [1.82, 2.24) is 14.6 Å². The zero-order valence-electron chi connectivity index (χ0n) is 13.2. The fourth-order valence-electron chi connectivity index (χ4n) is 3.00. The maximum atomic E-state index is 4.72. The van der Waals surface area contributed by atoms with Crippen LogP contribution in [0.1, 0.15) is 37.6 Å². The second-order valence-electron chi connectivity index (χ2n) is 6.99. The van der Waals surface area contributed by atoms with E-state index >= 15 is 0 Å². The van der Waals surface area contributed by atoms with Gasteiger partial charge in [0.15, 0.2) is 5.82 Å². The molecule has 0 unspecified atom stereocenters. The molecule has 1 aliphatic rings. The zero-order chi connectivity index (χ0) is 15.3. The third-order valence-corrected chi connectivity index (χ3v) is 4.28. The Morgan fingerprint density at radius 2 is 1.73 bits per heavy atom. The number of anilines is 1. The molecule has 2 aromatic heterocycles. The maximum Gasteiger partial charge on any atom is 0.155 e. The SMILES string of the molecule is CC(C)(C)c1cc2c(N3Cc4ccccc4C3)nccn2n1. The van der Waals surface area contributed by atoms with Gasteiger partial charge >= 0.3 is 0 Å². The van der Waals surface area contributed by atoms with Crippen LogP contribution < -0.4 is 4.90 Å². The van der Waals surface area contributed by atoms with Gasteiger partial charge in [0.05, 0.1) is 5.69 Å². The molecule has 4 rings (SSSR count). The van der Waals surface area contributed by atoms with Crippen LogP contribution in [-0.4, -0.2) is 14.6 Å². The van der Waals surface area contributed by atoms with E-state index < -0.39 is 0 Å². The smallest absolute Gasteiger partial charge is 0.155 e. The first-order valence-electron chi connectivity index (χ1n) is 7.69. The molecular formula is C18H20N4.